The van der Waals surface area contributed by atoms with E-state index in [4.69, 9.17) is 23.9 Å². The van der Waals surface area contributed by atoms with Crippen molar-refractivity contribution in [3.8, 4) is 6.01 Å². The first-order valence-electron chi connectivity index (χ1n) is 26.1. The lowest BCUT2D eigenvalue weighted by Crippen LogP contribution is -2.60. The minimum absolute atomic E-state index is 0.0434. The highest BCUT2D eigenvalue weighted by Crippen LogP contribution is 2.39. The molecule has 1 fully saturated rings. The zero-order valence-electron chi connectivity index (χ0n) is 47.2. The number of aromatic nitrogens is 2. The van der Waals surface area contributed by atoms with E-state index < -0.39 is 71.2 Å². The van der Waals surface area contributed by atoms with Crippen molar-refractivity contribution in [2.45, 2.75) is 175 Å². The van der Waals surface area contributed by atoms with E-state index in [0.717, 1.165) is 10.7 Å². The van der Waals surface area contributed by atoms with Gasteiger partial charge in [-0.05, 0) is 80.6 Å². The Labute approximate surface area is 449 Å². The average Bonchev–Trinajstić information content (AvgIpc) is 3.87. The summed E-state index contributed by atoms with van der Waals surface area (Å²) in [5.74, 6) is -2.81. The molecule has 3 N–H and O–H groups in total. The number of likely N-dealkylation sites (N-methyl/N-ethyl adjacent to an activating group) is 2. The molecule has 5 amide bonds. The first kappa shape index (κ1) is 63.8. The summed E-state index contributed by atoms with van der Waals surface area (Å²) in [5, 5.41) is 17.7. The summed E-state index contributed by atoms with van der Waals surface area (Å²) in [6.07, 6.45) is 2.01. The Morgan fingerprint density at radius 1 is 0.919 bits per heavy atom. The lowest BCUT2D eigenvalue weighted by molar-refractivity contribution is -0.148. The third kappa shape index (κ3) is 17.5. The number of rotatable bonds is 28. The number of hydrogen-bond acceptors (Lipinski definition) is 15. The zero-order chi connectivity index (χ0) is 55.6. The average molecular weight is 1070 g/mol. The second kappa shape index (κ2) is 30.3. The van der Waals surface area contributed by atoms with Crippen molar-refractivity contribution in [3.63, 3.8) is 0 Å². The number of carbonyl (C=O) groups is 5. The van der Waals surface area contributed by atoms with Crippen LogP contribution in [0.15, 0.2) is 41.5 Å². The van der Waals surface area contributed by atoms with Crippen molar-refractivity contribution in [2.75, 3.05) is 48.6 Å². The van der Waals surface area contributed by atoms with Crippen molar-refractivity contribution in [3.05, 3.63) is 47.8 Å². The summed E-state index contributed by atoms with van der Waals surface area (Å²) in [7, 11) is 10.8. The molecule has 1 aromatic heterocycles. The largest absolute Gasteiger partial charge is 0.467 e. The van der Waals surface area contributed by atoms with Crippen molar-refractivity contribution < 1.29 is 48.0 Å². The van der Waals surface area contributed by atoms with Crippen LogP contribution in [0.3, 0.4) is 0 Å². The number of aryl methyl sites for hydroxylation is 1. The van der Waals surface area contributed by atoms with Crippen molar-refractivity contribution in [2.24, 2.45) is 28.7 Å². The Balaban J connectivity index is 1.72. The Bertz CT molecular complexity index is 2150. The Kier molecular flexibility index (Phi) is 26.1. The van der Waals surface area contributed by atoms with Gasteiger partial charge in [-0.25, -0.2) is 14.8 Å². The molecule has 1 aromatic carbocycles. The molecule has 416 valence electrons. The SMILES string of the molecule is CC/C(=N\c1cnc(OC)nc1CC)SSC(C)(C)COC(=O)N(C)[C@H](C(=O)N[C@H](C(=O)N(C)[C@@H]([C@@H](C)CC)[C@@H](CC(=O)N1CCC[C@H]1[C@H](OC)[C@@H](C)C(=O)N[C@H](C)[C@@H](O)c1ccccc1)OC)C(C)C)C(C)C. The minimum atomic E-state index is -0.979. The van der Waals surface area contributed by atoms with E-state index in [1.807, 2.05) is 87.4 Å². The van der Waals surface area contributed by atoms with Crippen LogP contribution in [0.4, 0.5) is 10.5 Å². The quantitative estimate of drug-likeness (QED) is 0.0418. The van der Waals surface area contributed by atoms with E-state index in [2.05, 4.69) is 20.6 Å². The van der Waals surface area contributed by atoms with Crippen molar-refractivity contribution in [1.82, 2.24) is 35.3 Å². The van der Waals surface area contributed by atoms with Gasteiger partial charge in [0, 0.05) is 34.9 Å². The van der Waals surface area contributed by atoms with Crippen LogP contribution in [-0.2, 0) is 39.8 Å². The van der Waals surface area contributed by atoms with Crippen LogP contribution in [0.5, 0.6) is 6.01 Å². The number of hydrogen-bond donors (Lipinski definition) is 3. The summed E-state index contributed by atoms with van der Waals surface area (Å²) in [6.45, 7) is 23.3. The van der Waals surface area contributed by atoms with E-state index in [-0.39, 0.29) is 54.5 Å². The minimum Gasteiger partial charge on any atom is -0.467 e. The van der Waals surface area contributed by atoms with Crippen LogP contribution in [0.1, 0.15) is 133 Å². The van der Waals surface area contributed by atoms with Gasteiger partial charge in [-0.3, -0.25) is 24.1 Å². The fourth-order valence-corrected chi connectivity index (χ4v) is 11.6. The van der Waals surface area contributed by atoms with Crippen LogP contribution >= 0.6 is 21.6 Å². The molecule has 0 spiro atoms. The summed E-state index contributed by atoms with van der Waals surface area (Å²) in [4.78, 5) is 88.9. The number of aliphatic hydroxyl groups is 1. The van der Waals surface area contributed by atoms with E-state index in [0.29, 0.717) is 49.9 Å². The zero-order valence-corrected chi connectivity index (χ0v) is 48.8. The molecule has 1 aliphatic heterocycles. The number of benzene rings is 1. The molecule has 1 aliphatic rings. The van der Waals surface area contributed by atoms with Gasteiger partial charge in [0.25, 0.3) is 0 Å². The maximum absolute atomic E-state index is 14.7. The fraction of sp³-hybridized carbons (Fsp3) is 0.704. The molecule has 0 bridgehead atoms. The molecule has 0 unspecified atom stereocenters. The lowest BCUT2D eigenvalue weighted by atomic mass is 9.89. The molecule has 74 heavy (non-hydrogen) atoms. The van der Waals surface area contributed by atoms with Gasteiger partial charge in [-0.15, -0.1) is 0 Å². The predicted octanol–water partition coefficient (Wildman–Crippen LogP) is 8.04. The van der Waals surface area contributed by atoms with Gasteiger partial charge in [0.05, 0.1) is 77.6 Å². The fourth-order valence-electron chi connectivity index (χ4n) is 9.35. The topological polar surface area (TPSA) is 214 Å². The third-order valence-corrected chi connectivity index (χ3v) is 17.3. The van der Waals surface area contributed by atoms with Crippen LogP contribution in [-0.4, -0.2) is 160 Å². The molecule has 18 nitrogen and oxygen atoms in total. The number of nitrogens with one attached hydrogen (secondary N) is 2. The van der Waals surface area contributed by atoms with Gasteiger partial charge < -0.3 is 44.5 Å². The summed E-state index contributed by atoms with van der Waals surface area (Å²) >= 11 is 0. The first-order valence-corrected chi connectivity index (χ1v) is 28.2. The monoisotopic (exact) mass is 1070 g/mol. The number of likely N-dealkylation sites (tertiary alicyclic amines) is 1. The van der Waals surface area contributed by atoms with Gasteiger partial charge in [0.15, 0.2) is 0 Å². The highest BCUT2D eigenvalue weighted by atomic mass is 33.1. The Morgan fingerprint density at radius 2 is 1.58 bits per heavy atom. The third-order valence-electron chi connectivity index (χ3n) is 13.9. The van der Waals surface area contributed by atoms with Crippen molar-refractivity contribution in [1.29, 1.82) is 0 Å². The second-order valence-electron chi connectivity index (χ2n) is 20.7. The Hall–Kier alpha value is -4.50. The molecule has 0 saturated carbocycles. The number of aliphatic imine (C=N–C) groups is 1. The summed E-state index contributed by atoms with van der Waals surface area (Å²) < 4.78 is 22.5. The number of amides is 5. The molecular formula is C54H88N8O10S2. The van der Waals surface area contributed by atoms with E-state index >= 15 is 0 Å². The molecular weight excluding hydrogens is 985 g/mol. The van der Waals surface area contributed by atoms with Crippen molar-refractivity contribution >= 4 is 62.0 Å². The highest BCUT2D eigenvalue weighted by molar-refractivity contribution is 8.82. The summed E-state index contributed by atoms with van der Waals surface area (Å²) in [6, 6.07) is 5.94. The van der Waals surface area contributed by atoms with Crippen LogP contribution in [0, 0.1) is 23.7 Å². The lowest BCUT2D eigenvalue weighted by Gasteiger charge is -2.41. The normalized spacial score (nSPS) is 17.9. The van der Waals surface area contributed by atoms with E-state index in [1.165, 1.54) is 54.9 Å². The van der Waals surface area contributed by atoms with Crippen LogP contribution < -0.4 is 15.4 Å². The molecule has 1 saturated heterocycles. The van der Waals surface area contributed by atoms with E-state index in [1.54, 1.807) is 49.0 Å². The number of aliphatic hydroxyl groups excluding tert-OH is 1. The molecule has 2 aromatic rings. The molecule has 0 aliphatic carbocycles. The van der Waals surface area contributed by atoms with Gasteiger partial charge in [-0.2, -0.15) is 4.98 Å². The second-order valence-corrected chi connectivity index (χ2v) is 23.6. The van der Waals surface area contributed by atoms with E-state index in [9.17, 15) is 29.1 Å². The molecule has 20 heteroatoms. The molecule has 2 heterocycles. The molecule has 0 radical (unpaired) electrons. The van der Waals surface area contributed by atoms with Gasteiger partial charge in [-0.1, -0.05) is 110 Å². The standard InChI is InChI=1S/C54H88N8O10S2/c1-18-34(8)46(41(69-15)29-43(63)62-28-24-27-40(62)48(70-16)35(9)49(65)56-36(10)47(64)37-25-22-21-23-26-37)60(13)51(67)44(32(4)5)59-50(66)45(33(6)7)61(14)53(68)72-31-54(11,12)74-73-42(20-3)57-39-30-55-52(71-17)58-38(39)19-2/h21-23,25-26,30,32-36,40-41,44-48,64H,18-20,24,27-29,31H2,1-17H3,(H,56,65)(H,59,66)/b57-42+/t34-,35+,36+,40-,41+,44-,45-,46-,47+,48+/m0/s1. The van der Waals surface area contributed by atoms with Gasteiger partial charge in [0.1, 0.15) is 24.4 Å². The van der Waals surface area contributed by atoms with Crippen LogP contribution in [0.2, 0.25) is 0 Å². The molecule has 3 rings (SSSR count). The number of ether oxygens (including phenoxy) is 4. The van der Waals surface area contributed by atoms with Gasteiger partial charge in [0.2, 0.25) is 23.6 Å². The molecule has 10 atom stereocenters. The van der Waals surface area contributed by atoms with Gasteiger partial charge >= 0.3 is 12.1 Å². The first-order chi connectivity index (χ1) is 34.9. The predicted molar refractivity (Wildman–Crippen MR) is 294 cm³/mol. The number of methoxy groups -OCH3 is 3. The highest BCUT2D eigenvalue weighted by Gasteiger charge is 2.44. The van der Waals surface area contributed by atoms with Crippen LogP contribution in [0.25, 0.3) is 0 Å². The maximum Gasteiger partial charge on any atom is 0.410 e. The number of carbonyl (C=O) groups excluding carboxylic acids is 5. The smallest absolute Gasteiger partial charge is 0.410 e. The number of nitrogens with zero attached hydrogens (tertiary/aromatic N) is 6. The summed E-state index contributed by atoms with van der Waals surface area (Å²) in [5.41, 5.74) is 2.14. The maximum atomic E-state index is 14.7. The Morgan fingerprint density at radius 3 is 2.14 bits per heavy atom.